The number of benzene rings is 1. The van der Waals surface area contributed by atoms with Crippen LogP contribution >= 0.6 is 22.9 Å². The number of aromatic nitrogens is 3. The summed E-state index contributed by atoms with van der Waals surface area (Å²) in [7, 11) is 0. The standard InChI is InChI=1S/C17H16FN5O2S2/c1-10-15(27-23-22-10)17(25)20-8-14-21-13(9-26-14)16(24)19-7-6-11-4-2-3-5-12(11)18/h2-5,9H,6-8H2,1H3,(H,19,24)(H,20,25). The van der Waals surface area contributed by atoms with Gasteiger partial charge in [-0.3, -0.25) is 9.59 Å². The summed E-state index contributed by atoms with van der Waals surface area (Å²) in [6, 6.07) is 6.46. The van der Waals surface area contributed by atoms with Gasteiger partial charge in [0.2, 0.25) is 0 Å². The zero-order valence-corrected chi connectivity index (χ0v) is 16.0. The molecule has 0 aliphatic heterocycles. The first kappa shape index (κ1) is 19.1. The summed E-state index contributed by atoms with van der Waals surface area (Å²) in [5, 5.41) is 11.5. The highest BCUT2D eigenvalue weighted by atomic mass is 32.1. The Morgan fingerprint density at radius 1 is 1.19 bits per heavy atom. The lowest BCUT2D eigenvalue weighted by atomic mass is 10.1. The van der Waals surface area contributed by atoms with Gasteiger partial charge in [0, 0.05) is 11.9 Å². The number of hydrogen-bond donors (Lipinski definition) is 2. The largest absolute Gasteiger partial charge is 0.350 e. The van der Waals surface area contributed by atoms with Crippen molar-refractivity contribution in [3.63, 3.8) is 0 Å². The summed E-state index contributed by atoms with van der Waals surface area (Å²) >= 11 is 2.31. The average Bonchev–Trinajstić information content (AvgIpc) is 3.30. The molecule has 0 radical (unpaired) electrons. The van der Waals surface area contributed by atoms with E-state index in [0.717, 1.165) is 11.5 Å². The van der Waals surface area contributed by atoms with Crippen LogP contribution in [0.2, 0.25) is 0 Å². The summed E-state index contributed by atoms with van der Waals surface area (Å²) < 4.78 is 17.3. The van der Waals surface area contributed by atoms with E-state index in [1.807, 2.05) is 0 Å². The second-order valence-electron chi connectivity index (χ2n) is 5.59. The topological polar surface area (TPSA) is 96.9 Å². The van der Waals surface area contributed by atoms with E-state index in [1.54, 1.807) is 30.5 Å². The van der Waals surface area contributed by atoms with Crippen LogP contribution in [0.15, 0.2) is 29.6 Å². The third-order valence-corrected chi connectivity index (χ3v) is 5.36. The number of nitrogens with zero attached hydrogens (tertiary/aromatic N) is 3. The first-order valence-corrected chi connectivity index (χ1v) is 9.73. The predicted octanol–water partition coefficient (Wildman–Crippen LogP) is 2.34. The van der Waals surface area contributed by atoms with Crippen LogP contribution in [0.3, 0.4) is 0 Å². The van der Waals surface area contributed by atoms with Crippen LogP contribution in [0.25, 0.3) is 0 Å². The lowest BCUT2D eigenvalue weighted by Gasteiger charge is -2.04. The van der Waals surface area contributed by atoms with Crippen molar-refractivity contribution >= 4 is 34.7 Å². The molecule has 140 valence electrons. The number of aryl methyl sites for hydroxylation is 1. The number of carbonyl (C=O) groups excluding carboxylic acids is 2. The van der Waals surface area contributed by atoms with Crippen molar-refractivity contribution in [1.29, 1.82) is 0 Å². The van der Waals surface area contributed by atoms with Crippen LogP contribution in [0.5, 0.6) is 0 Å². The Labute approximate surface area is 162 Å². The Hall–Kier alpha value is -2.72. The van der Waals surface area contributed by atoms with Gasteiger partial charge in [-0.15, -0.1) is 16.4 Å². The third kappa shape index (κ3) is 4.92. The van der Waals surface area contributed by atoms with Crippen LogP contribution in [0, 0.1) is 12.7 Å². The zero-order chi connectivity index (χ0) is 19.2. The van der Waals surface area contributed by atoms with Crippen molar-refractivity contribution in [2.45, 2.75) is 19.9 Å². The van der Waals surface area contributed by atoms with E-state index < -0.39 is 0 Å². The second kappa shape index (κ2) is 8.78. The maximum absolute atomic E-state index is 13.6. The number of nitrogens with one attached hydrogen (secondary N) is 2. The van der Waals surface area contributed by atoms with E-state index in [2.05, 4.69) is 25.2 Å². The fourth-order valence-corrected chi connectivity index (χ4v) is 3.56. The number of hydrogen-bond acceptors (Lipinski definition) is 7. The van der Waals surface area contributed by atoms with Gasteiger partial charge < -0.3 is 10.6 Å². The van der Waals surface area contributed by atoms with Crippen molar-refractivity contribution < 1.29 is 14.0 Å². The number of halogens is 1. The molecule has 1 aromatic carbocycles. The van der Waals surface area contributed by atoms with E-state index in [0.29, 0.717) is 34.1 Å². The van der Waals surface area contributed by atoms with E-state index in [4.69, 9.17) is 0 Å². The Morgan fingerprint density at radius 2 is 2.00 bits per heavy atom. The minimum atomic E-state index is -0.331. The molecule has 0 atom stereocenters. The molecule has 2 aromatic heterocycles. The third-order valence-electron chi connectivity index (χ3n) is 3.68. The summed E-state index contributed by atoms with van der Waals surface area (Å²) in [6.45, 7) is 2.23. The summed E-state index contributed by atoms with van der Waals surface area (Å²) in [5.41, 5.74) is 1.40. The number of carbonyl (C=O) groups is 2. The van der Waals surface area contributed by atoms with Gasteiger partial charge in [-0.05, 0) is 36.5 Å². The molecular formula is C17H16FN5O2S2. The molecule has 0 spiro atoms. The Morgan fingerprint density at radius 3 is 2.74 bits per heavy atom. The van der Waals surface area contributed by atoms with Gasteiger partial charge in [0.1, 0.15) is 21.4 Å². The van der Waals surface area contributed by atoms with E-state index in [1.165, 1.54) is 17.4 Å². The van der Waals surface area contributed by atoms with Crippen molar-refractivity contribution in [2.24, 2.45) is 0 Å². The molecule has 2 N–H and O–H groups in total. The number of thiazole rings is 1. The van der Waals surface area contributed by atoms with Gasteiger partial charge in [-0.2, -0.15) is 0 Å². The molecule has 10 heteroatoms. The van der Waals surface area contributed by atoms with Crippen molar-refractivity contribution in [1.82, 2.24) is 25.2 Å². The monoisotopic (exact) mass is 405 g/mol. The highest BCUT2D eigenvalue weighted by molar-refractivity contribution is 7.09. The smallest absolute Gasteiger partial charge is 0.270 e. The lowest BCUT2D eigenvalue weighted by molar-refractivity contribution is 0.0946. The van der Waals surface area contributed by atoms with Gasteiger partial charge in [0.05, 0.1) is 12.2 Å². The van der Waals surface area contributed by atoms with Crippen LogP contribution in [0.4, 0.5) is 4.39 Å². The lowest BCUT2D eigenvalue weighted by Crippen LogP contribution is -2.26. The first-order valence-electron chi connectivity index (χ1n) is 8.07. The maximum Gasteiger partial charge on any atom is 0.270 e. The predicted molar refractivity (Wildman–Crippen MR) is 100 cm³/mol. The Bertz CT molecular complexity index is 956. The molecule has 27 heavy (non-hydrogen) atoms. The maximum atomic E-state index is 13.6. The highest BCUT2D eigenvalue weighted by Crippen LogP contribution is 2.12. The molecular weight excluding hydrogens is 389 g/mol. The van der Waals surface area contributed by atoms with Crippen molar-refractivity contribution in [3.8, 4) is 0 Å². The first-order chi connectivity index (χ1) is 13.0. The molecule has 0 saturated heterocycles. The molecule has 3 aromatic rings. The van der Waals surface area contributed by atoms with E-state index in [9.17, 15) is 14.0 Å². The normalized spacial score (nSPS) is 10.6. The molecule has 0 bridgehead atoms. The van der Waals surface area contributed by atoms with Gasteiger partial charge in [-0.1, -0.05) is 22.7 Å². The Balaban J connectivity index is 1.48. The van der Waals surface area contributed by atoms with Gasteiger partial charge in [0.15, 0.2) is 0 Å². The van der Waals surface area contributed by atoms with Crippen LogP contribution < -0.4 is 10.6 Å². The summed E-state index contributed by atoms with van der Waals surface area (Å²) in [4.78, 5) is 28.8. The van der Waals surface area contributed by atoms with Crippen LogP contribution in [0.1, 0.15) is 36.4 Å². The van der Waals surface area contributed by atoms with Crippen molar-refractivity contribution in [2.75, 3.05) is 6.54 Å². The molecule has 7 nitrogen and oxygen atoms in total. The van der Waals surface area contributed by atoms with Crippen LogP contribution in [-0.2, 0) is 13.0 Å². The van der Waals surface area contributed by atoms with Gasteiger partial charge in [-0.25, -0.2) is 9.37 Å². The molecule has 0 unspecified atom stereocenters. The van der Waals surface area contributed by atoms with Gasteiger partial charge >= 0.3 is 0 Å². The van der Waals surface area contributed by atoms with E-state index in [-0.39, 0.29) is 29.9 Å². The molecule has 2 heterocycles. The minimum Gasteiger partial charge on any atom is -0.350 e. The van der Waals surface area contributed by atoms with E-state index >= 15 is 0 Å². The summed E-state index contributed by atoms with van der Waals surface area (Å²) in [6.07, 6.45) is 0.397. The Kier molecular flexibility index (Phi) is 6.20. The fourth-order valence-electron chi connectivity index (χ4n) is 2.27. The van der Waals surface area contributed by atoms with Crippen molar-refractivity contribution in [3.05, 3.63) is 62.3 Å². The molecule has 0 aliphatic rings. The quantitative estimate of drug-likeness (QED) is 0.629. The summed E-state index contributed by atoms with van der Waals surface area (Å²) in [5.74, 6) is -0.888. The molecule has 2 amide bonds. The zero-order valence-electron chi connectivity index (χ0n) is 14.4. The molecule has 0 aliphatic carbocycles. The molecule has 0 fully saturated rings. The second-order valence-corrected chi connectivity index (χ2v) is 7.29. The molecule has 3 rings (SSSR count). The molecule has 0 saturated carbocycles. The van der Waals surface area contributed by atoms with Crippen LogP contribution in [-0.4, -0.2) is 32.9 Å². The average molecular weight is 405 g/mol. The fraction of sp³-hybridized carbons (Fsp3) is 0.235. The minimum absolute atomic E-state index is 0.212. The number of rotatable bonds is 7. The SMILES string of the molecule is Cc1nnsc1C(=O)NCc1nc(C(=O)NCCc2ccccc2F)cs1. The number of amides is 2. The highest BCUT2D eigenvalue weighted by Gasteiger charge is 2.15. The van der Waals surface area contributed by atoms with Gasteiger partial charge in [0.25, 0.3) is 11.8 Å².